The smallest absolute Gasteiger partial charge is 0.160 e. The van der Waals surface area contributed by atoms with Crippen LogP contribution in [-0.2, 0) is 5.41 Å². The van der Waals surface area contributed by atoms with Crippen LogP contribution in [0.15, 0.2) is 144 Å². The van der Waals surface area contributed by atoms with Crippen LogP contribution in [0.5, 0.6) is 0 Å². The van der Waals surface area contributed by atoms with Crippen molar-refractivity contribution >= 4 is 60.4 Å². The molecule has 3 atom stereocenters. The SMILES string of the molecule is CC1CC=C(c2cc(-c3ccccc3)nc(-c3ccc4c(ccc5ccc6sc(-c7ccccc7)nc6c54)c3)n2)C2Sc3ccccc3C12C. The zero-order valence-corrected chi connectivity index (χ0v) is 29.4. The van der Waals surface area contributed by atoms with Gasteiger partial charge in [0.25, 0.3) is 0 Å². The van der Waals surface area contributed by atoms with E-state index in [0.717, 1.165) is 56.2 Å². The largest absolute Gasteiger partial charge is 0.235 e. The van der Waals surface area contributed by atoms with Crippen molar-refractivity contribution in [1.29, 1.82) is 0 Å². The number of benzene rings is 6. The van der Waals surface area contributed by atoms with E-state index in [1.54, 1.807) is 11.3 Å². The quantitative estimate of drug-likeness (QED) is 0.174. The van der Waals surface area contributed by atoms with Crippen LogP contribution in [-0.4, -0.2) is 20.2 Å². The van der Waals surface area contributed by atoms with Crippen LogP contribution in [0.3, 0.4) is 0 Å². The standard InChI is InChI=1S/C45H33N3S2/c1-27-17-22-34(42-45(27,2)35-15-9-10-16-38(35)49-42)37-26-36(28-11-5-3-6-12-28)46-43(47-37)32-20-23-33-31(25-32)19-18-29-21-24-39-41(40(29)33)48-44(50-39)30-13-7-4-8-14-30/h3-16,18-27,42H,17H2,1-2H3. The Bertz CT molecular complexity index is 2640. The summed E-state index contributed by atoms with van der Waals surface area (Å²) in [5.41, 5.74) is 9.12. The summed E-state index contributed by atoms with van der Waals surface area (Å²) < 4.78 is 1.20. The fourth-order valence-corrected chi connectivity index (χ4v) is 10.8. The van der Waals surface area contributed by atoms with E-state index in [0.29, 0.717) is 11.2 Å². The first-order valence-electron chi connectivity index (χ1n) is 17.3. The minimum atomic E-state index is 0.0365. The second kappa shape index (κ2) is 11.5. The summed E-state index contributed by atoms with van der Waals surface area (Å²) in [6.07, 6.45) is 3.48. The summed E-state index contributed by atoms with van der Waals surface area (Å²) in [7, 11) is 0. The number of thiazole rings is 1. The molecule has 0 radical (unpaired) electrons. The predicted molar refractivity (Wildman–Crippen MR) is 212 cm³/mol. The van der Waals surface area contributed by atoms with Gasteiger partial charge in [0.15, 0.2) is 5.82 Å². The maximum atomic E-state index is 5.38. The molecular formula is C45H33N3S2. The van der Waals surface area contributed by atoms with Gasteiger partial charge in [-0.25, -0.2) is 15.0 Å². The summed E-state index contributed by atoms with van der Waals surface area (Å²) in [4.78, 5) is 17.2. The van der Waals surface area contributed by atoms with E-state index in [1.165, 1.54) is 36.9 Å². The number of fused-ring (bicyclic) bond motifs is 8. The molecule has 1 aliphatic heterocycles. The monoisotopic (exact) mass is 679 g/mol. The number of nitrogens with zero attached hydrogens (tertiary/aromatic N) is 3. The molecule has 0 saturated heterocycles. The van der Waals surface area contributed by atoms with Crippen molar-refractivity contribution in [2.45, 2.75) is 35.8 Å². The average Bonchev–Trinajstić information content (AvgIpc) is 3.75. The third kappa shape index (κ3) is 4.60. The Hall–Kier alpha value is -5.10. The number of allylic oxidation sites excluding steroid dienone is 1. The number of hydrogen-bond donors (Lipinski definition) is 0. The zero-order valence-electron chi connectivity index (χ0n) is 27.8. The lowest BCUT2D eigenvalue weighted by Crippen LogP contribution is -2.40. The van der Waals surface area contributed by atoms with Gasteiger partial charge < -0.3 is 0 Å². The van der Waals surface area contributed by atoms with Crippen LogP contribution in [0.25, 0.3) is 70.6 Å². The molecule has 3 unspecified atom stereocenters. The maximum absolute atomic E-state index is 5.38. The molecule has 0 amide bonds. The van der Waals surface area contributed by atoms with Crippen LogP contribution < -0.4 is 0 Å². The number of thioether (sulfide) groups is 1. The third-order valence-corrected chi connectivity index (χ3v) is 13.6. The Morgan fingerprint density at radius 3 is 2.22 bits per heavy atom. The van der Waals surface area contributed by atoms with E-state index in [9.17, 15) is 0 Å². The van der Waals surface area contributed by atoms with E-state index in [2.05, 4.69) is 153 Å². The molecule has 0 N–H and O–H groups in total. The highest BCUT2D eigenvalue weighted by molar-refractivity contribution is 8.00. The Morgan fingerprint density at radius 2 is 1.38 bits per heavy atom. The lowest BCUT2D eigenvalue weighted by molar-refractivity contribution is 0.322. The zero-order chi connectivity index (χ0) is 33.4. The summed E-state index contributed by atoms with van der Waals surface area (Å²) in [5.74, 6) is 1.29. The van der Waals surface area contributed by atoms with Crippen molar-refractivity contribution in [2.75, 3.05) is 0 Å². The summed E-state index contributed by atoms with van der Waals surface area (Å²) in [6, 6.07) is 47.8. The third-order valence-electron chi connectivity index (χ3n) is 11.0. The highest BCUT2D eigenvalue weighted by Gasteiger charge is 2.51. The molecule has 10 rings (SSSR count). The molecule has 2 aliphatic rings. The first-order valence-corrected chi connectivity index (χ1v) is 19.0. The molecule has 3 heterocycles. The maximum Gasteiger partial charge on any atom is 0.160 e. The highest BCUT2D eigenvalue weighted by atomic mass is 32.2. The molecule has 2 aromatic heterocycles. The molecule has 5 heteroatoms. The Morgan fingerprint density at radius 1 is 0.660 bits per heavy atom. The van der Waals surface area contributed by atoms with Gasteiger partial charge in [0.05, 0.1) is 21.6 Å². The first-order chi connectivity index (χ1) is 24.5. The second-order valence-electron chi connectivity index (χ2n) is 13.8. The molecule has 0 spiro atoms. The van der Waals surface area contributed by atoms with Crippen molar-refractivity contribution in [3.05, 3.63) is 151 Å². The van der Waals surface area contributed by atoms with Crippen molar-refractivity contribution in [2.24, 2.45) is 5.92 Å². The normalized spacial score (nSPS) is 19.8. The lowest BCUT2D eigenvalue weighted by Gasteiger charge is -2.42. The highest BCUT2D eigenvalue weighted by Crippen LogP contribution is 2.59. The van der Waals surface area contributed by atoms with Gasteiger partial charge in [0, 0.05) is 37.6 Å². The van der Waals surface area contributed by atoms with Crippen molar-refractivity contribution in [3.63, 3.8) is 0 Å². The molecule has 0 bridgehead atoms. The molecule has 0 saturated carbocycles. The predicted octanol–water partition coefficient (Wildman–Crippen LogP) is 12.2. The van der Waals surface area contributed by atoms with Crippen LogP contribution in [0.1, 0.15) is 31.5 Å². The number of hydrogen-bond acceptors (Lipinski definition) is 5. The van der Waals surface area contributed by atoms with Gasteiger partial charge in [0.1, 0.15) is 5.01 Å². The van der Waals surface area contributed by atoms with Gasteiger partial charge in [-0.15, -0.1) is 23.1 Å². The van der Waals surface area contributed by atoms with Crippen molar-refractivity contribution < 1.29 is 0 Å². The van der Waals surface area contributed by atoms with E-state index >= 15 is 0 Å². The lowest BCUT2D eigenvalue weighted by atomic mass is 9.64. The van der Waals surface area contributed by atoms with Crippen LogP contribution in [0.2, 0.25) is 0 Å². The minimum absolute atomic E-state index is 0.0365. The van der Waals surface area contributed by atoms with Gasteiger partial charge in [-0.1, -0.05) is 129 Å². The summed E-state index contributed by atoms with van der Waals surface area (Å²) in [5, 5.41) is 6.09. The number of rotatable bonds is 4. The summed E-state index contributed by atoms with van der Waals surface area (Å²) >= 11 is 3.75. The molecule has 3 nitrogen and oxygen atoms in total. The van der Waals surface area contributed by atoms with Crippen molar-refractivity contribution in [3.8, 4) is 33.2 Å². The molecule has 8 aromatic rings. The molecular weight excluding hydrogens is 647 g/mol. The van der Waals surface area contributed by atoms with Gasteiger partial charge in [0.2, 0.25) is 0 Å². The van der Waals surface area contributed by atoms with Crippen LogP contribution >= 0.6 is 23.1 Å². The van der Waals surface area contributed by atoms with E-state index < -0.39 is 0 Å². The Kier molecular flexibility index (Phi) is 6.84. The van der Waals surface area contributed by atoms with E-state index in [4.69, 9.17) is 15.0 Å². The fraction of sp³-hybridized carbons (Fsp3) is 0.133. The Labute approximate surface area is 299 Å². The van der Waals surface area contributed by atoms with Gasteiger partial charge in [-0.05, 0) is 63.9 Å². The molecule has 50 heavy (non-hydrogen) atoms. The van der Waals surface area contributed by atoms with Crippen molar-refractivity contribution in [1.82, 2.24) is 15.0 Å². The molecule has 1 aliphatic carbocycles. The van der Waals surface area contributed by atoms with Gasteiger partial charge in [-0.3, -0.25) is 0 Å². The van der Waals surface area contributed by atoms with Gasteiger partial charge >= 0.3 is 0 Å². The summed E-state index contributed by atoms with van der Waals surface area (Å²) in [6.45, 7) is 4.87. The van der Waals surface area contributed by atoms with Crippen LogP contribution in [0, 0.1) is 5.92 Å². The topological polar surface area (TPSA) is 38.7 Å². The second-order valence-corrected chi connectivity index (χ2v) is 16.0. The molecule has 6 aromatic carbocycles. The van der Waals surface area contributed by atoms with E-state index in [1.807, 2.05) is 11.8 Å². The average molecular weight is 680 g/mol. The van der Waals surface area contributed by atoms with Crippen LogP contribution in [0.4, 0.5) is 0 Å². The fourth-order valence-electron chi connectivity index (χ4n) is 8.07. The van der Waals surface area contributed by atoms with Gasteiger partial charge in [-0.2, -0.15) is 0 Å². The molecule has 240 valence electrons. The first kappa shape index (κ1) is 29.8. The minimum Gasteiger partial charge on any atom is -0.235 e. The van der Waals surface area contributed by atoms with E-state index in [-0.39, 0.29) is 5.41 Å². The molecule has 0 fully saturated rings. The number of aromatic nitrogens is 3. The Balaban J connectivity index is 1.13.